The highest BCUT2D eigenvalue weighted by molar-refractivity contribution is 5.89. The number of nitrogens with zero attached hydrogens (tertiary/aromatic N) is 7. The zero-order chi connectivity index (χ0) is 24.6. The zero-order valence-corrected chi connectivity index (χ0v) is 19.5. The largest absolute Gasteiger partial charge is 0.344 e. The van der Waals surface area contributed by atoms with Gasteiger partial charge in [-0.05, 0) is 43.4 Å². The van der Waals surface area contributed by atoms with Crippen LogP contribution in [0.3, 0.4) is 0 Å². The molecule has 35 heavy (non-hydrogen) atoms. The maximum atomic E-state index is 15.2. The number of amides is 1. The molecule has 1 saturated carbocycles. The molecule has 3 aromatic heterocycles. The van der Waals surface area contributed by atoms with Gasteiger partial charge in [-0.3, -0.25) is 9.48 Å². The smallest absolute Gasteiger partial charge is 0.315 e. The number of carbonyl (C=O) groups excluding carboxylic acids is 1. The van der Waals surface area contributed by atoms with Crippen molar-refractivity contribution in [2.24, 2.45) is 7.05 Å². The molecule has 1 amide bonds. The number of aryl methyl sites for hydroxylation is 1. The molecule has 0 unspecified atom stereocenters. The Kier molecular flexibility index (Phi) is 5.71. The molecule has 0 atom stereocenters. The summed E-state index contributed by atoms with van der Waals surface area (Å²) in [7, 11) is 1.79. The van der Waals surface area contributed by atoms with Gasteiger partial charge in [0.2, 0.25) is 5.95 Å². The molecular weight excluding hydrogens is 453 g/mol. The summed E-state index contributed by atoms with van der Waals surface area (Å²) in [4.78, 5) is 29.3. The number of hydrogen-bond donors (Lipinski definition) is 2. The number of hydrogen-bond acceptors (Lipinski definition) is 9. The molecule has 1 fully saturated rings. The van der Waals surface area contributed by atoms with Gasteiger partial charge in [-0.15, -0.1) is 0 Å². The second kappa shape index (κ2) is 8.85. The quantitative estimate of drug-likeness (QED) is 0.392. The number of anilines is 2. The first-order valence-electron chi connectivity index (χ1n) is 11.2. The van der Waals surface area contributed by atoms with E-state index in [0.29, 0.717) is 22.8 Å². The van der Waals surface area contributed by atoms with Crippen LogP contribution in [0.15, 0.2) is 35.2 Å². The van der Waals surface area contributed by atoms with Crippen LogP contribution in [0, 0.1) is 12.7 Å². The molecule has 0 saturated heterocycles. The third-order valence-electron chi connectivity index (χ3n) is 6.33. The average Bonchev–Trinajstić information content (AvgIpc) is 3.29. The van der Waals surface area contributed by atoms with Crippen molar-refractivity contribution in [2.45, 2.75) is 45.1 Å². The van der Waals surface area contributed by atoms with Crippen LogP contribution in [0.5, 0.6) is 0 Å². The van der Waals surface area contributed by atoms with Gasteiger partial charge in [0.1, 0.15) is 12.1 Å². The Labute approximate surface area is 200 Å². The molecule has 12 heteroatoms. The maximum Gasteiger partial charge on any atom is 0.315 e. The fourth-order valence-corrected chi connectivity index (χ4v) is 3.84. The molecule has 5 rings (SSSR count). The summed E-state index contributed by atoms with van der Waals surface area (Å²) in [6.45, 7) is 3.80. The van der Waals surface area contributed by atoms with Crippen LogP contribution in [0.25, 0.3) is 11.4 Å². The number of nitrogens with one attached hydrogen (secondary N) is 2. The molecule has 3 heterocycles. The van der Waals surface area contributed by atoms with Gasteiger partial charge in [-0.1, -0.05) is 18.1 Å². The van der Waals surface area contributed by atoms with Gasteiger partial charge in [-0.25, -0.2) is 14.4 Å². The molecule has 1 aliphatic rings. The average molecular weight is 478 g/mol. The first-order chi connectivity index (χ1) is 16.9. The summed E-state index contributed by atoms with van der Waals surface area (Å²) >= 11 is 0. The van der Waals surface area contributed by atoms with Crippen molar-refractivity contribution in [2.75, 3.05) is 5.32 Å². The number of benzene rings is 1. The van der Waals surface area contributed by atoms with Gasteiger partial charge in [0.15, 0.2) is 17.5 Å². The van der Waals surface area contributed by atoms with E-state index in [1.165, 1.54) is 6.33 Å². The summed E-state index contributed by atoms with van der Waals surface area (Å²) in [6, 6.07) is 5.06. The first-order valence-corrected chi connectivity index (χ1v) is 11.2. The van der Waals surface area contributed by atoms with Gasteiger partial charge >= 0.3 is 11.8 Å². The standard InChI is InChI=1S/C23H24FN9O2/c1-4-23(8-9-23)21-30-20(35-32-21)19(34)25-11-14-5-6-15(17(24)13(14)2)18-26-12-27-22(29-18)28-16-7-10-33(3)31-16/h5-7,10,12H,4,8-9,11H2,1-3H3,(H,25,34)(H,26,27,28,29,31). The van der Waals surface area contributed by atoms with E-state index in [1.54, 1.807) is 43.0 Å². The molecule has 0 bridgehead atoms. The van der Waals surface area contributed by atoms with Crippen molar-refractivity contribution in [3.8, 4) is 11.4 Å². The van der Waals surface area contributed by atoms with Crippen molar-refractivity contribution >= 4 is 17.7 Å². The topological polar surface area (TPSA) is 137 Å². The van der Waals surface area contributed by atoms with E-state index < -0.39 is 11.7 Å². The lowest BCUT2D eigenvalue weighted by Crippen LogP contribution is -2.24. The number of halogens is 1. The highest BCUT2D eigenvalue weighted by Gasteiger charge is 2.47. The fourth-order valence-electron chi connectivity index (χ4n) is 3.84. The van der Waals surface area contributed by atoms with Crippen molar-refractivity contribution in [3.63, 3.8) is 0 Å². The number of carbonyl (C=O) groups is 1. The molecule has 1 aliphatic carbocycles. The van der Waals surface area contributed by atoms with Crippen LogP contribution in [0.4, 0.5) is 16.2 Å². The van der Waals surface area contributed by atoms with Gasteiger partial charge in [0.25, 0.3) is 0 Å². The number of aromatic nitrogens is 7. The minimum Gasteiger partial charge on any atom is -0.344 e. The van der Waals surface area contributed by atoms with Crippen LogP contribution in [0.2, 0.25) is 0 Å². The summed E-state index contributed by atoms with van der Waals surface area (Å²) in [6.07, 6.45) is 5.98. The minimum atomic E-state index is -0.498. The van der Waals surface area contributed by atoms with E-state index in [1.807, 2.05) is 0 Å². The van der Waals surface area contributed by atoms with Crippen molar-refractivity contribution in [3.05, 3.63) is 59.4 Å². The lowest BCUT2D eigenvalue weighted by molar-refractivity contribution is 0.0907. The minimum absolute atomic E-state index is 0.0560. The normalized spacial score (nSPS) is 14.1. The Hall–Kier alpha value is -4.22. The molecular formula is C23H24FN9O2. The molecule has 11 nitrogen and oxygen atoms in total. The van der Waals surface area contributed by atoms with E-state index in [2.05, 4.69) is 47.7 Å². The molecule has 0 spiro atoms. The summed E-state index contributed by atoms with van der Waals surface area (Å²) < 4.78 is 22.0. The Balaban J connectivity index is 1.28. The maximum absolute atomic E-state index is 15.2. The van der Waals surface area contributed by atoms with E-state index >= 15 is 4.39 Å². The summed E-state index contributed by atoms with van der Waals surface area (Å²) in [5, 5.41) is 13.9. The first kappa shape index (κ1) is 22.6. The Bertz CT molecular complexity index is 1390. The van der Waals surface area contributed by atoms with Gasteiger partial charge < -0.3 is 15.2 Å². The van der Waals surface area contributed by atoms with Gasteiger partial charge in [0.05, 0.1) is 5.56 Å². The molecule has 4 aromatic rings. The van der Waals surface area contributed by atoms with E-state index in [0.717, 1.165) is 19.3 Å². The van der Waals surface area contributed by atoms with Crippen molar-refractivity contribution < 1.29 is 13.7 Å². The predicted molar refractivity (Wildman–Crippen MR) is 123 cm³/mol. The number of rotatable bonds is 8. The van der Waals surface area contributed by atoms with E-state index in [9.17, 15) is 4.79 Å². The third-order valence-corrected chi connectivity index (χ3v) is 6.33. The molecule has 0 aliphatic heterocycles. The van der Waals surface area contributed by atoms with Gasteiger partial charge in [0, 0.05) is 31.3 Å². The second-order valence-corrected chi connectivity index (χ2v) is 8.58. The third kappa shape index (κ3) is 4.46. The van der Waals surface area contributed by atoms with Gasteiger partial charge in [-0.2, -0.15) is 15.1 Å². The molecule has 0 radical (unpaired) electrons. The summed E-state index contributed by atoms with van der Waals surface area (Å²) in [5.74, 6) is 0.490. The lowest BCUT2D eigenvalue weighted by Gasteiger charge is -2.11. The highest BCUT2D eigenvalue weighted by atomic mass is 19.1. The highest BCUT2D eigenvalue weighted by Crippen LogP contribution is 2.49. The van der Waals surface area contributed by atoms with Crippen LogP contribution in [-0.4, -0.2) is 40.8 Å². The molecule has 180 valence electrons. The van der Waals surface area contributed by atoms with E-state index in [-0.39, 0.29) is 35.2 Å². The molecule has 2 N–H and O–H groups in total. The van der Waals surface area contributed by atoms with Crippen LogP contribution in [-0.2, 0) is 19.0 Å². The van der Waals surface area contributed by atoms with E-state index in [4.69, 9.17) is 4.52 Å². The van der Waals surface area contributed by atoms with Crippen molar-refractivity contribution in [1.29, 1.82) is 0 Å². The molecule has 1 aromatic carbocycles. The fraction of sp³-hybridized carbons (Fsp3) is 0.348. The Morgan fingerprint density at radius 3 is 2.77 bits per heavy atom. The predicted octanol–water partition coefficient (Wildman–Crippen LogP) is 3.22. The Morgan fingerprint density at radius 2 is 2.06 bits per heavy atom. The zero-order valence-electron chi connectivity index (χ0n) is 19.5. The van der Waals surface area contributed by atoms with Crippen molar-refractivity contribution in [1.82, 2.24) is 40.2 Å². The monoisotopic (exact) mass is 477 g/mol. The second-order valence-electron chi connectivity index (χ2n) is 8.58. The summed E-state index contributed by atoms with van der Waals surface area (Å²) in [5.41, 5.74) is 1.14. The lowest BCUT2D eigenvalue weighted by atomic mass is 10.0. The Morgan fingerprint density at radius 1 is 1.23 bits per heavy atom. The van der Waals surface area contributed by atoms with Crippen LogP contribution >= 0.6 is 0 Å². The van der Waals surface area contributed by atoms with Crippen LogP contribution in [0.1, 0.15) is 53.8 Å². The SMILES string of the molecule is CCC1(c2noc(C(=O)NCc3ccc(-c4ncnc(Nc5ccn(C)n5)n4)c(F)c3C)n2)CC1. The van der Waals surface area contributed by atoms with Crippen LogP contribution < -0.4 is 10.6 Å².